The van der Waals surface area contributed by atoms with Crippen LogP contribution >= 0.6 is 0 Å². The molecule has 0 spiro atoms. The van der Waals surface area contributed by atoms with Gasteiger partial charge in [0.25, 0.3) is 0 Å². The van der Waals surface area contributed by atoms with Crippen LogP contribution in [0.4, 0.5) is 9.59 Å². The van der Waals surface area contributed by atoms with Crippen molar-refractivity contribution in [3.8, 4) is 0 Å². The number of piperidine rings is 1. The van der Waals surface area contributed by atoms with E-state index in [2.05, 4.69) is 5.32 Å². The first kappa shape index (κ1) is 14.9. The third-order valence-electron chi connectivity index (χ3n) is 3.92. The van der Waals surface area contributed by atoms with E-state index in [1.54, 1.807) is 4.90 Å². The summed E-state index contributed by atoms with van der Waals surface area (Å²) in [6.07, 6.45) is 1.04. The summed E-state index contributed by atoms with van der Waals surface area (Å²) < 4.78 is 10.7. The van der Waals surface area contributed by atoms with E-state index in [4.69, 9.17) is 9.47 Å². The Balaban J connectivity index is 1.86. The number of ether oxygens (including phenoxy) is 2. The van der Waals surface area contributed by atoms with E-state index in [1.165, 1.54) is 0 Å². The molecule has 6 heteroatoms. The van der Waals surface area contributed by atoms with E-state index in [0.717, 1.165) is 12.8 Å². The number of carbonyl (C=O) groups excluding carboxylic acids is 2. The molecule has 0 radical (unpaired) electrons. The van der Waals surface area contributed by atoms with Gasteiger partial charge in [0.1, 0.15) is 11.2 Å². The maximum Gasteiger partial charge on any atom is 0.410 e. The van der Waals surface area contributed by atoms with Gasteiger partial charge in [-0.05, 0) is 40.5 Å². The summed E-state index contributed by atoms with van der Waals surface area (Å²) in [7, 11) is 0. The second-order valence-corrected chi connectivity index (χ2v) is 6.80. The monoisotopic (exact) mass is 284 g/mol. The Morgan fingerprint density at radius 2 is 2.00 bits per heavy atom. The predicted octanol–water partition coefficient (Wildman–Crippen LogP) is 2.13. The number of hydrogen-bond donors (Lipinski definition) is 1. The summed E-state index contributed by atoms with van der Waals surface area (Å²) in [6.45, 7) is 9.38. The highest BCUT2D eigenvalue weighted by atomic mass is 16.6. The minimum absolute atomic E-state index is 0.261. The lowest BCUT2D eigenvalue weighted by Gasteiger charge is -2.39. The predicted molar refractivity (Wildman–Crippen MR) is 73.4 cm³/mol. The Hall–Kier alpha value is -1.46. The van der Waals surface area contributed by atoms with Crippen LogP contribution in [0.5, 0.6) is 0 Å². The standard InChI is InChI=1S/C14H24N2O4/c1-13(2,3)20-12(18)16-7-5-10(6-8-16)14(4)9-15-11(17)19-14/h10H,5-9H2,1-4H3,(H,15,17). The third kappa shape index (κ3) is 3.35. The Labute approximate surface area is 119 Å². The zero-order valence-electron chi connectivity index (χ0n) is 12.7. The second kappa shape index (κ2) is 5.14. The zero-order chi connectivity index (χ0) is 15.0. The zero-order valence-corrected chi connectivity index (χ0v) is 12.7. The topological polar surface area (TPSA) is 67.9 Å². The smallest absolute Gasteiger partial charge is 0.410 e. The molecular formula is C14H24N2O4. The van der Waals surface area contributed by atoms with Crippen molar-refractivity contribution in [2.45, 2.75) is 51.7 Å². The molecule has 2 fully saturated rings. The molecule has 0 aromatic rings. The largest absolute Gasteiger partial charge is 0.444 e. The van der Waals surface area contributed by atoms with E-state index in [1.807, 2.05) is 27.7 Å². The molecule has 0 saturated carbocycles. The molecule has 1 atom stereocenters. The Morgan fingerprint density at radius 3 is 2.45 bits per heavy atom. The number of nitrogens with one attached hydrogen (secondary N) is 1. The molecular weight excluding hydrogens is 260 g/mol. The number of cyclic esters (lactones) is 1. The SMILES string of the molecule is CC(C)(C)OC(=O)N1CCC(C2(C)CNC(=O)O2)CC1. The highest BCUT2D eigenvalue weighted by Crippen LogP contribution is 2.33. The van der Waals surface area contributed by atoms with E-state index in [-0.39, 0.29) is 18.1 Å². The van der Waals surface area contributed by atoms with E-state index in [0.29, 0.717) is 19.6 Å². The van der Waals surface area contributed by atoms with Gasteiger partial charge in [-0.25, -0.2) is 9.59 Å². The number of likely N-dealkylation sites (tertiary alicyclic amines) is 1. The van der Waals surface area contributed by atoms with Crippen molar-refractivity contribution in [2.75, 3.05) is 19.6 Å². The molecule has 2 saturated heterocycles. The highest BCUT2D eigenvalue weighted by Gasteiger charge is 2.44. The average molecular weight is 284 g/mol. The van der Waals surface area contributed by atoms with Gasteiger partial charge in [0.2, 0.25) is 0 Å². The van der Waals surface area contributed by atoms with Gasteiger partial charge in [-0.15, -0.1) is 0 Å². The van der Waals surface area contributed by atoms with Crippen LogP contribution in [0, 0.1) is 5.92 Å². The molecule has 1 N–H and O–H groups in total. The van der Waals surface area contributed by atoms with Gasteiger partial charge in [-0.2, -0.15) is 0 Å². The fraction of sp³-hybridized carbons (Fsp3) is 0.857. The summed E-state index contributed by atoms with van der Waals surface area (Å²) in [5.41, 5.74) is -0.915. The van der Waals surface area contributed by atoms with Crippen LogP contribution < -0.4 is 5.32 Å². The molecule has 2 aliphatic heterocycles. The molecule has 0 aromatic carbocycles. The molecule has 114 valence electrons. The lowest BCUT2D eigenvalue weighted by molar-refractivity contribution is -0.0175. The first-order valence-electron chi connectivity index (χ1n) is 7.14. The van der Waals surface area contributed by atoms with Gasteiger partial charge in [-0.1, -0.05) is 0 Å². The van der Waals surface area contributed by atoms with E-state index >= 15 is 0 Å². The Kier molecular flexibility index (Phi) is 3.84. The number of nitrogens with zero attached hydrogens (tertiary/aromatic N) is 1. The fourth-order valence-electron chi connectivity index (χ4n) is 2.76. The quantitative estimate of drug-likeness (QED) is 0.801. The summed E-state index contributed by atoms with van der Waals surface area (Å²) in [5, 5.41) is 2.71. The normalized spacial score (nSPS) is 28.0. The van der Waals surface area contributed by atoms with Crippen LogP contribution in [-0.4, -0.2) is 47.9 Å². The lowest BCUT2D eigenvalue weighted by atomic mass is 9.82. The molecule has 2 amide bonds. The first-order valence-corrected chi connectivity index (χ1v) is 7.14. The molecule has 2 aliphatic rings. The van der Waals surface area contributed by atoms with Crippen molar-refractivity contribution in [3.05, 3.63) is 0 Å². The summed E-state index contributed by atoms with van der Waals surface area (Å²) in [5.74, 6) is 0.278. The minimum Gasteiger partial charge on any atom is -0.444 e. The van der Waals surface area contributed by atoms with Gasteiger partial charge < -0.3 is 19.7 Å². The first-order chi connectivity index (χ1) is 9.20. The highest BCUT2D eigenvalue weighted by molar-refractivity contribution is 5.70. The molecule has 6 nitrogen and oxygen atoms in total. The average Bonchev–Trinajstić information content (AvgIpc) is 2.69. The molecule has 2 heterocycles. The van der Waals surface area contributed by atoms with Crippen molar-refractivity contribution in [1.29, 1.82) is 0 Å². The van der Waals surface area contributed by atoms with Gasteiger partial charge in [0, 0.05) is 19.0 Å². The Morgan fingerprint density at radius 1 is 1.40 bits per heavy atom. The number of amides is 2. The van der Waals surface area contributed by atoms with Crippen LogP contribution in [0.25, 0.3) is 0 Å². The Bertz CT molecular complexity index is 396. The van der Waals surface area contributed by atoms with Crippen molar-refractivity contribution in [1.82, 2.24) is 10.2 Å². The lowest BCUT2D eigenvalue weighted by Crippen LogP contribution is -2.48. The van der Waals surface area contributed by atoms with Crippen LogP contribution in [0.15, 0.2) is 0 Å². The van der Waals surface area contributed by atoms with Gasteiger partial charge in [0.05, 0.1) is 6.54 Å². The molecule has 1 unspecified atom stereocenters. The van der Waals surface area contributed by atoms with Gasteiger partial charge in [-0.3, -0.25) is 0 Å². The molecule has 20 heavy (non-hydrogen) atoms. The number of rotatable bonds is 1. The second-order valence-electron chi connectivity index (χ2n) is 6.80. The van der Waals surface area contributed by atoms with E-state index in [9.17, 15) is 9.59 Å². The van der Waals surface area contributed by atoms with Crippen LogP contribution in [0.3, 0.4) is 0 Å². The van der Waals surface area contributed by atoms with Crippen molar-refractivity contribution in [2.24, 2.45) is 5.92 Å². The number of alkyl carbamates (subject to hydrolysis) is 1. The minimum atomic E-state index is -0.467. The summed E-state index contributed by atoms with van der Waals surface area (Å²) >= 11 is 0. The maximum atomic E-state index is 12.0. The molecule has 2 rings (SSSR count). The van der Waals surface area contributed by atoms with Crippen molar-refractivity contribution < 1.29 is 19.1 Å². The van der Waals surface area contributed by atoms with Crippen LogP contribution in [-0.2, 0) is 9.47 Å². The van der Waals surface area contributed by atoms with Crippen LogP contribution in [0.1, 0.15) is 40.5 Å². The summed E-state index contributed by atoms with van der Waals surface area (Å²) in [4.78, 5) is 24.9. The summed E-state index contributed by atoms with van der Waals surface area (Å²) in [6, 6.07) is 0. The number of hydrogen-bond acceptors (Lipinski definition) is 4. The molecule has 0 aliphatic carbocycles. The van der Waals surface area contributed by atoms with Gasteiger partial charge in [0.15, 0.2) is 0 Å². The van der Waals surface area contributed by atoms with Crippen molar-refractivity contribution in [3.63, 3.8) is 0 Å². The maximum absolute atomic E-state index is 12.0. The molecule has 0 aromatic heterocycles. The van der Waals surface area contributed by atoms with Gasteiger partial charge >= 0.3 is 12.2 Å². The van der Waals surface area contributed by atoms with E-state index < -0.39 is 11.2 Å². The number of carbonyl (C=O) groups is 2. The van der Waals surface area contributed by atoms with Crippen molar-refractivity contribution >= 4 is 12.2 Å². The third-order valence-corrected chi connectivity index (χ3v) is 3.92. The van der Waals surface area contributed by atoms with Crippen LogP contribution in [0.2, 0.25) is 0 Å². The fourth-order valence-corrected chi connectivity index (χ4v) is 2.76. The molecule has 0 bridgehead atoms.